The van der Waals surface area contributed by atoms with Crippen molar-refractivity contribution in [2.45, 2.75) is 31.7 Å². The minimum absolute atomic E-state index is 0.00725. The van der Waals surface area contributed by atoms with E-state index >= 15 is 0 Å². The van der Waals surface area contributed by atoms with Crippen LogP contribution in [-0.4, -0.2) is 30.2 Å². The highest BCUT2D eigenvalue weighted by molar-refractivity contribution is 5.81. The first-order chi connectivity index (χ1) is 8.69. The predicted molar refractivity (Wildman–Crippen MR) is 72.2 cm³/mol. The van der Waals surface area contributed by atoms with E-state index in [0.29, 0.717) is 13.0 Å². The highest BCUT2D eigenvalue weighted by Gasteiger charge is 2.15. The minimum Gasteiger partial charge on any atom is -0.396 e. The van der Waals surface area contributed by atoms with Crippen LogP contribution in [-0.2, 0) is 4.79 Å². The second kappa shape index (κ2) is 7.84. The molecule has 0 spiro atoms. The zero-order valence-corrected chi connectivity index (χ0v) is 10.8. The molecule has 1 amide bonds. The van der Waals surface area contributed by atoms with Gasteiger partial charge in [0.2, 0.25) is 5.91 Å². The Morgan fingerprint density at radius 2 is 2.06 bits per heavy atom. The second-order valence-electron chi connectivity index (χ2n) is 4.43. The number of benzene rings is 1. The van der Waals surface area contributed by atoms with Gasteiger partial charge in [0.1, 0.15) is 0 Å². The number of hydrogen-bond donors (Lipinski definition) is 3. The van der Waals surface area contributed by atoms with Crippen LogP contribution in [0.5, 0.6) is 0 Å². The molecule has 4 nitrogen and oxygen atoms in total. The number of amides is 1. The smallest absolute Gasteiger partial charge is 0.236 e. The van der Waals surface area contributed by atoms with Gasteiger partial charge in [0.25, 0.3) is 0 Å². The molecule has 1 aromatic carbocycles. The molecule has 0 aromatic heterocycles. The molecule has 18 heavy (non-hydrogen) atoms. The molecular formula is C14H22N2O2. The Hall–Kier alpha value is -1.39. The number of carbonyl (C=O) groups excluding carboxylic acids is 1. The Morgan fingerprint density at radius 1 is 1.39 bits per heavy atom. The molecule has 0 saturated carbocycles. The molecule has 0 aliphatic heterocycles. The van der Waals surface area contributed by atoms with Crippen molar-refractivity contribution in [3.8, 4) is 0 Å². The minimum atomic E-state index is -0.454. The molecule has 4 heteroatoms. The van der Waals surface area contributed by atoms with Crippen LogP contribution in [0, 0.1) is 0 Å². The molecule has 0 heterocycles. The average Bonchev–Trinajstić information content (AvgIpc) is 2.40. The summed E-state index contributed by atoms with van der Waals surface area (Å²) in [5.74, 6) is -0.227. The third-order valence-corrected chi connectivity index (χ3v) is 2.95. The van der Waals surface area contributed by atoms with Crippen molar-refractivity contribution in [3.63, 3.8) is 0 Å². The van der Waals surface area contributed by atoms with Crippen LogP contribution in [0.4, 0.5) is 0 Å². The first kappa shape index (κ1) is 14.7. The van der Waals surface area contributed by atoms with Crippen molar-refractivity contribution in [1.29, 1.82) is 0 Å². The van der Waals surface area contributed by atoms with Crippen LogP contribution in [0.25, 0.3) is 0 Å². The van der Waals surface area contributed by atoms with Crippen molar-refractivity contribution in [2.75, 3.05) is 13.2 Å². The number of hydrogen-bond acceptors (Lipinski definition) is 3. The highest BCUT2D eigenvalue weighted by atomic mass is 16.3. The van der Waals surface area contributed by atoms with E-state index in [1.54, 1.807) is 0 Å². The summed E-state index contributed by atoms with van der Waals surface area (Å²) in [6, 6.07) is 9.20. The lowest BCUT2D eigenvalue weighted by molar-refractivity contribution is -0.122. The standard InChI is InChI=1S/C14H22N2O2/c1-2-6-13(15)14(18)16-9-12(10-17)11-7-4-3-5-8-11/h3-5,7-8,12-13,17H,2,6,9-10,15H2,1H3,(H,16,18). The van der Waals surface area contributed by atoms with E-state index in [1.165, 1.54) is 0 Å². The Labute approximate surface area is 108 Å². The lowest BCUT2D eigenvalue weighted by Crippen LogP contribution is -2.42. The molecule has 2 atom stereocenters. The lowest BCUT2D eigenvalue weighted by Gasteiger charge is -2.17. The van der Waals surface area contributed by atoms with E-state index in [2.05, 4.69) is 5.32 Å². The van der Waals surface area contributed by atoms with Gasteiger partial charge in [0.15, 0.2) is 0 Å². The topological polar surface area (TPSA) is 75.4 Å². The normalized spacial score (nSPS) is 13.9. The molecule has 0 aliphatic carbocycles. The van der Waals surface area contributed by atoms with Gasteiger partial charge < -0.3 is 16.2 Å². The third kappa shape index (κ3) is 4.47. The maximum Gasteiger partial charge on any atom is 0.236 e. The maximum absolute atomic E-state index is 11.7. The maximum atomic E-state index is 11.7. The Morgan fingerprint density at radius 3 is 2.61 bits per heavy atom. The summed E-state index contributed by atoms with van der Waals surface area (Å²) in [5.41, 5.74) is 6.74. The van der Waals surface area contributed by atoms with Crippen LogP contribution in [0.2, 0.25) is 0 Å². The quantitative estimate of drug-likeness (QED) is 0.676. The molecule has 100 valence electrons. The lowest BCUT2D eigenvalue weighted by atomic mass is 10.00. The van der Waals surface area contributed by atoms with Gasteiger partial charge in [-0.2, -0.15) is 0 Å². The molecule has 1 aromatic rings. The van der Waals surface area contributed by atoms with Gasteiger partial charge in [0.05, 0.1) is 12.6 Å². The van der Waals surface area contributed by atoms with Gasteiger partial charge in [0, 0.05) is 12.5 Å². The first-order valence-electron chi connectivity index (χ1n) is 6.38. The van der Waals surface area contributed by atoms with Gasteiger partial charge in [-0.1, -0.05) is 43.7 Å². The van der Waals surface area contributed by atoms with Gasteiger partial charge in [-0.3, -0.25) is 4.79 Å². The van der Waals surface area contributed by atoms with E-state index < -0.39 is 6.04 Å². The van der Waals surface area contributed by atoms with E-state index in [1.807, 2.05) is 37.3 Å². The molecule has 0 radical (unpaired) electrons. The van der Waals surface area contributed by atoms with Crippen LogP contribution >= 0.6 is 0 Å². The predicted octanol–water partition coefficient (Wildman–Crippen LogP) is 1.01. The van der Waals surface area contributed by atoms with Gasteiger partial charge in [-0.05, 0) is 12.0 Å². The molecule has 4 N–H and O–H groups in total. The Kier molecular flexibility index (Phi) is 6.39. The van der Waals surface area contributed by atoms with E-state index in [4.69, 9.17) is 5.73 Å². The zero-order chi connectivity index (χ0) is 13.4. The number of aliphatic hydroxyl groups is 1. The van der Waals surface area contributed by atoms with Gasteiger partial charge >= 0.3 is 0 Å². The summed E-state index contributed by atoms with van der Waals surface area (Å²) in [4.78, 5) is 11.7. The Bertz CT molecular complexity index is 354. The fraction of sp³-hybridized carbons (Fsp3) is 0.500. The zero-order valence-electron chi connectivity index (χ0n) is 10.8. The number of carbonyl (C=O) groups is 1. The summed E-state index contributed by atoms with van der Waals surface area (Å²) < 4.78 is 0. The number of aliphatic hydroxyl groups excluding tert-OH is 1. The molecule has 0 aliphatic rings. The monoisotopic (exact) mass is 250 g/mol. The van der Waals surface area contributed by atoms with Crippen LogP contribution in [0.15, 0.2) is 30.3 Å². The van der Waals surface area contributed by atoms with E-state index in [0.717, 1.165) is 12.0 Å². The summed E-state index contributed by atoms with van der Waals surface area (Å²) >= 11 is 0. The molecular weight excluding hydrogens is 228 g/mol. The van der Waals surface area contributed by atoms with Gasteiger partial charge in [-0.25, -0.2) is 0 Å². The summed E-state index contributed by atoms with van der Waals surface area (Å²) in [6.45, 7) is 2.41. The molecule has 0 bridgehead atoms. The third-order valence-electron chi connectivity index (χ3n) is 2.95. The van der Waals surface area contributed by atoms with Crippen molar-refractivity contribution in [2.24, 2.45) is 5.73 Å². The number of rotatable bonds is 7. The van der Waals surface area contributed by atoms with Crippen molar-refractivity contribution >= 4 is 5.91 Å². The summed E-state index contributed by atoms with van der Waals surface area (Å²) in [6.07, 6.45) is 1.57. The first-order valence-corrected chi connectivity index (χ1v) is 6.38. The molecule has 1 rings (SSSR count). The summed E-state index contributed by atoms with van der Waals surface area (Å²) in [7, 11) is 0. The fourth-order valence-electron chi connectivity index (χ4n) is 1.81. The average molecular weight is 250 g/mol. The largest absolute Gasteiger partial charge is 0.396 e. The van der Waals surface area contributed by atoms with E-state index in [9.17, 15) is 9.90 Å². The van der Waals surface area contributed by atoms with Crippen molar-refractivity contribution in [1.82, 2.24) is 5.32 Å². The van der Waals surface area contributed by atoms with Gasteiger partial charge in [-0.15, -0.1) is 0 Å². The van der Waals surface area contributed by atoms with E-state index in [-0.39, 0.29) is 18.4 Å². The molecule has 2 unspecified atom stereocenters. The van der Waals surface area contributed by atoms with Crippen LogP contribution in [0.3, 0.4) is 0 Å². The summed E-state index contributed by atoms with van der Waals surface area (Å²) in [5, 5.41) is 12.1. The molecule has 0 fully saturated rings. The van der Waals surface area contributed by atoms with Crippen LogP contribution < -0.4 is 11.1 Å². The second-order valence-corrected chi connectivity index (χ2v) is 4.43. The van der Waals surface area contributed by atoms with Crippen molar-refractivity contribution in [3.05, 3.63) is 35.9 Å². The Balaban J connectivity index is 2.48. The van der Waals surface area contributed by atoms with Crippen LogP contribution in [0.1, 0.15) is 31.2 Å². The highest BCUT2D eigenvalue weighted by Crippen LogP contribution is 2.13. The number of nitrogens with two attached hydrogens (primary N) is 1. The van der Waals surface area contributed by atoms with Crippen molar-refractivity contribution < 1.29 is 9.90 Å². The fourth-order valence-corrected chi connectivity index (χ4v) is 1.81. The molecule has 0 saturated heterocycles. The SMILES string of the molecule is CCCC(N)C(=O)NCC(CO)c1ccccc1. The number of nitrogens with one attached hydrogen (secondary N) is 1.